The fourth-order valence-corrected chi connectivity index (χ4v) is 1.09. The zero-order valence-corrected chi connectivity index (χ0v) is 8.52. The van der Waals surface area contributed by atoms with E-state index in [1.165, 1.54) is 19.2 Å². The summed E-state index contributed by atoms with van der Waals surface area (Å²) in [7, 11) is 1.23. The smallest absolute Gasteiger partial charge is 0.360 e. The first-order valence-corrected chi connectivity index (χ1v) is 4.21. The Hall–Kier alpha value is -1.82. The largest absolute Gasteiger partial charge is 0.476 e. The van der Waals surface area contributed by atoms with E-state index in [9.17, 15) is 4.79 Å². The number of carboxylic acids is 1. The van der Waals surface area contributed by atoms with Gasteiger partial charge >= 0.3 is 5.97 Å². The van der Waals surface area contributed by atoms with Gasteiger partial charge in [0.2, 0.25) is 5.71 Å². The van der Waals surface area contributed by atoms with Gasteiger partial charge in [0, 0.05) is 0 Å². The van der Waals surface area contributed by atoms with E-state index in [0.29, 0.717) is 0 Å². The Bertz CT molecular complexity index is 420. The van der Waals surface area contributed by atoms with Gasteiger partial charge in [0.25, 0.3) is 0 Å². The lowest BCUT2D eigenvalue weighted by Gasteiger charge is -2.03. The molecule has 0 spiro atoms. The highest BCUT2D eigenvalue weighted by atomic mass is 35.5. The van der Waals surface area contributed by atoms with Crippen molar-refractivity contribution in [1.29, 1.82) is 0 Å². The highest BCUT2D eigenvalue weighted by Gasteiger charge is 2.18. The Labute approximate surface area is 90.3 Å². The number of aliphatic carboxylic acids is 1. The van der Waals surface area contributed by atoms with Crippen LogP contribution in [0.4, 0.5) is 5.82 Å². The van der Waals surface area contributed by atoms with Crippen molar-refractivity contribution in [2.75, 3.05) is 12.8 Å². The molecule has 1 heterocycles. The number of hydrogen-bond donors (Lipinski definition) is 2. The monoisotopic (exact) mass is 229 g/mol. The number of aromatic nitrogens is 1. The summed E-state index contributed by atoms with van der Waals surface area (Å²) in [5, 5.41) is 12.3. The Morgan fingerprint density at radius 2 is 2.33 bits per heavy atom. The van der Waals surface area contributed by atoms with Crippen molar-refractivity contribution in [2.45, 2.75) is 0 Å². The third-order valence-corrected chi connectivity index (χ3v) is 1.78. The maximum Gasteiger partial charge on any atom is 0.360 e. The van der Waals surface area contributed by atoms with Crippen molar-refractivity contribution in [3.63, 3.8) is 0 Å². The molecule has 0 radical (unpaired) electrons. The van der Waals surface area contributed by atoms with Crippen molar-refractivity contribution in [1.82, 2.24) is 4.98 Å². The predicted octanol–water partition coefficient (Wildman–Crippen LogP) is 0.752. The minimum absolute atomic E-state index is 0.0222. The second kappa shape index (κ2) is 4.61. The molecule has 7 heteroatoms. The van der Waals surface area contributed by atoms with Crippen LogP contribution in [0, 0.1) is 0 Å². The van der Waals surface area contributed by atoms with Crippen LogP contribution in [0.25, 0.3) is 0 Å². The maximum atomic E-state index is 10.8. The SMILES string of the molecule is CON=C(C(=O)O)c1nc(N)ccc1Cl. The van der Waals surface area contributed by atoms with Crippen LogP contribution in [0.1, 0.15) is 5.69 Å². The van der Waals surface area contributed by atoms with Gasteiger partial charge in [-0.05, 0) is 12.1 Å². The summed E-state index contributed by atoms with van der Waals surface area (Å²) >= 11 is 5.75. The van der Waals surface area contributed by atoms with E-state index in [2.05, 4.69) is 15.0 Å². The fraction of sp³-hybridized carbons (Fsp3) is 0.125. The van der Waals surface area contributed by atoms with E-state index in [-0.39, 0.29) is 16.5 Å². The minimum Gasteiger partial charge on any atom is -0.476 e. The molecule has 0 aliphatic heterocycles. The maximum absolute atomic E-state index is 10.8. The summed E-state index contributed by atoms with van der Waals surface area (Å²) in [6.45, 7) is 0. The molecule has 80 valence electrons. The van der Waals surface area contributed by atoms with Crippen LogP contribution >= 0.6 is 11.6 Å². The summed E-state index contributed by atoms with van der Waals surface area (Å²) in [5.41, 5.74) is 4.99. The van der Waals surface area contributed by atoms with E-state index >= 15 is 0 Å². The number of nitrogen functional groups attached to an aromatic ring is 1. The van der Waals surface area contributed by atoms with Gasteiger partial charge < -0.3 is 15.7 Å². The summed E-state index contributed by atoms with van der Waals surface area (Å²) in [6, 6.07) is 2.89. The van der Waals surface area contributed by atoms with Crippen LogP contribution in [-0.4, -0.2) is 28.9 Å². The lowest BCUT2D eigenvalue weighted by molar-refractivity contribution is -0.129. The summed E-state index contributed by atoms with van der Waals surface area (Å²) in [5.74, 6) is -1.14. The second-order valence-electron chi connectivity index (χ2n) is 2.49. The number of oxime groups is 1. The normalized spacial score (nSPS) is 11.2. The molecule has 1 rings (SSSR count). The summed E-state index contributed by atoms with van der Waals surface area (Å²) in [4.78, 5) is 19.0. The molecule has 0 aliphatic carbocycles. The first kappa shape index (κ1) is 11.3. The molecule has 0 unspecified atom stereocenters. The van der Waals surface area contributed by atoms with Gasteiger partial charge in [-0.15, -0.1) is 0 Å². The van der Waals surface area contributed by atoms with Crippen LogP contribution in [0.5, 0.6) is 0 Å². The van der Waals surface area contributed by atoms with Crippen LogP contribution < -0.4 is 5.73 Å². The quantitative estimate of drug-likeness (QED) is 0.589. The minimum atomic E-state index is -1.29. The van der Waals surface area contributed by atoms with E-state index < -0.39 is 11.7 Å². The molecule has 0 saturated heterocycles. The van der Waals surface area contributed by atoms with Crippen molar-refractivity contribution in [3.8, 4) is 0 Å². The number of hydrogen-bond acceptors (Lipinski definition) is 5. The highest BCUT2D eigenvalue weighted by Crippen LogP contribution is 2.16. The molecule has 0 amide bonds. The van der Waals surface area contributed by atoms with Crippen LogP contribution in [0.2, 0.25) is 5.02 Å². The van der Waals surface area contributed by atoms with Crippen LogP contribution in [0.15, 0.2) is 17.3 Å². The Balaban J connectivity index is 3.28. The van der Waals surface area contributed by atoms with Crippen molar-refractivity contribution < 1.29 is 14.7 Å². The second-order valence-corrected chi connectivity index (χ2v) is 2.90. The van der Waals surface area contributed by atoms with Gasteiger partial charge in [0.1, 0.15) is 18.6 Å². The molecule has 0 bridgehead atoms. The number of carbonyl (C=O) groups is 1. The first-order valence-electron chi connectivity index (χ1n) is 3.83. The number of pyridine rings is 1. The Morgan fingerprint density at radius 1 is 1.67 bits per heavy atom. The number of halogens is 1. The Morgan fingerprint density at radius 3 is 2.87 bits per heavy atom. The van der Waals surface area contributed by atoms with E-state index in [1.54, 1.807) is 0 Å². The molecule has 0 aromatic carbocycles. The average Bonchev–Trinajstić information content (AvgIpc) is 2.18. The number of rotatable bonds is 3. The van der Waals surface area contributed by atoms with Gasteiger partial charge in [-0.1, -0.05) is 16.8 Å². The molecule has 0 fully saturated rings. The van der Waals surface area contributed by atoms with E-state index in [0.717, 1.165) is 0 Å². The number of anilines is 1. The van der Waals surface area contributed by atoms with Gasteiger partial charge in [0.05, 0.1) is 5.02 Å². The third kappa shape index (κ3) is 2.57. The zero-order chi connectivity index (χ0) is 11.4. The number of nitrogens with zero attached hydrogens (tertiary/aromatic N) is 2. The lowest BCUT2D eigenvalue weighted by atomic mass is 10.2. The third-order valence-electron chi connectivity index (χ3n) is 1.48. The van der Waals surface area contributed by atoms with E-state index in [1.807, 2.05) is 0 Å². The van der Waals surface area contributed by atoms with Gasteiger partial charge in [-0.3, -0.25) is 0 Å². The van der Waals surface area contributed by atoms with Gasteiger partial charge in [-0.2, -0.15) is 0 Å². The lowest BCUT2D eigenvalue weighted by Crippen LogP contribution is -2.17. The van der Waals surface area contributed by atoms with Crippen molar-refractivity contribution in [3.05, 3.63) is 22.8 Å². The number of nitrogens with two attached hydrogens (primary N) is 1. The molecular weight excluding hydrogens is 222 g/mol. The molecule has 0 aliphatic rings. The van der Waals surface area contributed by atoms with Gasteiger partial charge in [-0.25, -0.2) is 9.78 Å². The van der Waals surface area contributed by atoms with Crippen LogP contribution in [0.3, 0.4) is 0 Å². The molecule has 1 aromatic rings. The van der Waals surface area contributed by atoms with Crippen LogP contribution in [-0.2, 0) is 9.63 Å². The standard InChI is InChI=1S/C8H8ClN3O3/c1-15-12-7(8(13)14)6-4(9)2-3-5(10)11-6/h2-3H,1H3,(H2,10,11)(H,13,14). The predicted molar refractivity (Wildman–Crippen MR) is 54.8 cm³/mol. The summed E-state index contributed by atoms with van der Waals surface area (Å²) in [6.07, 6.45) is 0. The average molecular weight is 230 g/mol. The van der Waals surface area contributed by atoms with E-state index in [4.69, 9.17) is 22.4 Å². The zero-order valence-electron chi connectivity index (χ0n) is 7.77. The number of carboxylic acid groups (broad SMARTS) is 1. The molecule has 3 N–H and O–H groups in total. The van der Waals surface area contributed by atoms with Gasteiger partial charge in [0.15, 0.2) is 0 Å². The van der Waals surface area contributed by atoms with Crippen molar-refractivity contribution in [2.24, 2.45) is 5.16 Å². The molecular formula is C8H8ClN3O3. The summed E-state index contributed by atoms with van der Waals surface area (Å²) < 4.78 is 0. The first-order chi connectivity index (χ1) is 7.06. The molecule has 0 saturated carbocycles. The molecule has 15 heavy (non-hydrogen) atoms. The molecule has 1 aromatic heterocycles. The molecule has 6 nitrogen and oxygen atoms in total. The highest BCUT2D eigenvalue weighted by molar-refractivity contribution is 6.46. The van der Waals surface area contributed by atoms with Crippen molar-refractivity contribution >= 4 is 29.1 Å². The fourth-order valence-electron chi connectivity index (χ4n) is 0.898. The Kier molecular flexibility index (Phi) is 3.46. The topological polar surface area (TPSA) is 97.8 Å². The molecule has 0 atom stereocenters.